The summed E-state index contributed by atoms with van der Waals surface area (Å²) in [6.07, 6.45) is -0.721. The van der Waals surface area contributed by atoms with E-state index in [1.165, 1.54) is 4.90 Å². The van der Waals surface area contributed by atoms with E-state index in [-0.39, 0.29) is 37.3 Å². The van der Waals surface area contributed by atoms with Crippen LogP contribution in [0.4, 0.5) is 0 Å². The zero-order chi connectivity index (χ0) is 11.4. The average molecular weight is 216 g/mol. The maximum atomic E-state index is 11.5. The van der Waals surface area contributed by atoms with Crippen LogP contribution in [-0.2, 0) is 9.59 Å². The molecule has 15 heavy (non-hydrogen) atoms. The van der Waals surface area contributed by atoms with Crippen molar-refractivity contribution in [2.24, 2.45) is 5.92 Å². The highest BCUT2D eigenvalue weighted by Crippen LogP contribution is 2.15. The van der Waals surface area contributed by atoms with Crippen LogP contribution in [-0.4, -0.2) is 59.8 Å². The summed E-state index contributed by atoms with van der Waals surface area (Å²) in [4.78, 5) is 24.1. The number of carbonyl (C=O) groups excluding carboxylic acids is 2. The molecule has 0 aliphatic carbocycles. The summed E-state index contributed by atoms with van der Waals surface area (Å²) in [6, 6.07) is 0. The Kier molecular flexibility index (Phi) is 4.05. The maximum absolute atomic E-state index is 11.5. The van der Waals surface area contributed by atoms with E-state index >= 15 is 0 Å². The third-order valence-corrected chi connectivity index (χ3v) is 2.43. The van der Waals surface area contributed by atoms with Crippen LogP contribution < -0.4 is 5.32 Å². The maximum Gasteiger partial charge on any atom is 0.225 e. The van der Waals surface area contributed by atoms with Crippen LogP contribution in [0.25, 0.3) is 0 Å². The summed E-state index contributed by atoms with van der Waals surface area (Å²) in [5, 5.41) is 20.0. The molecule has 1 fully saturated rings. The van der Waals surface area contributed by atoms with E-state index in [0.29, 0.717) is 6.54 Å². The number of hydrogen-bond acceptors (Lipinski definition) is 4. The highest BCUT2D eigenvalue weighted by atomic mass is 16.3. The minimum absolute atomic E-state index is 0.0176. The van der Waals surface area contributed by atoms with Crippen molar-refractivity contribution in [2.75, 3.05) is 26.7 Å². The van der Waals surface area contributed by atoms with Gasteiger partial charge in [-0.3, -0.25) is 9.59 Å². The number of nitrogens with zero attached hydrogens (tertiary/aromatic N) is 1. The third kappa shape index (κ3) is 3.17. The van der Waals surface area contributed by atoms with E-state index < -0.39 is 6.10 Å². The first-order valence-corrected chi connectivity index (χ1v) is 4.85. The van der Waals surface area contributed by atoms with Crippen molar-refractivity contribution in [2.45, 2.75) is 12.5 Å². The number of nitrogens with one attached hydrogen (secondary N) is 1. The number of carbonyl (C=O) groups is 2. The summed E-state index contributed by atoms with van der Waals surface area (Å²) in [7, 11) is 1.65. The standard InChI is InChI=1S/C9H16N2O4/c1-11-4-6(2-8(11)14)9(15)10-3-7(13)5-12/h6-7,12-13H,2-5H2,1H3,(H,10,15). The smallest absolute Gasteiger partial charge is 0.225 e. The number of aliphatic hydroxyl groups excluding tert-OH is 2. The van der Waals surface area contributed by atoms with Crippen molar-refractivity contribution < 1.29 is 19.8 Å². The highest BCUT2D eigenvalue weighted by Gasteiger charge is 2.31. The second-order valence-corrected chi connectivity index (χ2v) is 3.76. The van der Waals surface area contributed by atoms with Crippen LogP contribution >= 0.6 is 0 Å². The molecule has 2 atom stereocenters. The van der Waals surface area contributed by atoms with Crippen molar-refractivity contribution >= 4 is 11.8 Å². The number of likely N-dealkylation sites (tertiary alicyclic amines) is 1. The molecule has 0 aromatic carbocycles. The van der Waals surface area contributed by atoms with Crippen molar-refractivity contribution in [3.8, 4) is 0 Å². The van der Waals surface area contributed by atoms with Crippen molar-refractivity contribution in [3.63, 3.8) is 0 Å². The molecule has 0 spiro atoms. The Morgan fingerprint density at radius 3 is 2.87 bits per heavy atom. The van der Waals surface area contributed by atoms with Crippen LogP contribution in [0.3, 0.4) is 0 Å². The average Bonchev–Trinajstić information content (AvgIpc) is 2.55. The fourth-order valence-corrected chi connectivity index (χ4v) is 1.47. The van der Waals surface area contributed by atoms with Gasteiger partial charge >= 0.3 is 0 Å². The molecule has 0 saturated carbocycles. The first kappa shape index (κ1) is 11.9. The van der Waals surface area contributed by atoms with Crippen molar-refractivity contribution in [1.29, 1.82) is 0 Å². The van der Waals surface area contributed by atoms with Crippen LogP contribution in [0.5, 0.6) is 0 Å². The van der Waals surface area contributed by atoms with E-state index in [2.05, 4.69) is 5.32 Å². The lowest BCUT2D eigenvalue weighted by atomic mass is 10.1. The van der Waals surface area contributed by atoms with Gasteiger partial charge in [0.05, 0.1) is 18.6 Å². The number of amides is 2. The molecule has 3 N–H and O–H groups in total. The fourth-order valence-electron chi connectivity index (χ4n) is 1.47. The minimum atomic E-state index is -0.941. The SMILES string of the molecule is CN1CC(C(=O)NCC(O)CO)CC1=O. The molecule has 2 unspecified atom stereocenters. The monoisotopic (exact) mass is 216 g/mol. The molecular weight excluding hydrogens is 200 g/mol. The van der Waals surface area contributed by atoms with Crippen LogP contribution in [0.1, 0.15) is 6.42 Å². The van der Waals surface area contributed by atoms with Gasteiger partial charge in [0.1, 0.15) is 0 Å². The predicted molar refractivity (Wildman–Crippen MR) is 51.8 cm³/mol. The Morgan fingerprint density at radius 2 is 2.40 bits per heavy atom. The van der Waals surface area contributed by atoms with Gasteiger partial charge in [0.25, 0.3) is 0 Å². The topological polar surface area (TPSA) is 89.9 Å². The van der Waals surface area contributed by atoms with Gasteiger partial charge in [-0.05, 0) is 0 Å². The first-order valence-electron chi connectivity index (χ1n) is 4.85. The molecule has 86 valence electrons. The Morgan fingerprint density at radius 1 is 1.73 bits per heavy atom. The number of hydrogen-bond donors (Lipinski definition) is 3. The minimum Gasteiger partial charge on any atom is -0.394 e. The summed E-state index contributed by atoms with van der Waals surface area (Å²) < 4.78 is 0. The van der Waals surface area contributed by atoms with Gasteiger partial charge in [0.2, 0.25) is 11.8 Å². The highest BCUT2D eigenvalue weighted by molar-refractivity contribution is 5.89. The molecule has 0 bridgehead atoms. The summed E-state index contributed by atoms with van der Waals surface area (Å²) in [6.45, 7) is 0.0490. The van der Waals surface area contributed by atoms with Crippen LogP contribution in [0.2, 0.25) is 0 Å². The molecule has 6 nitrogen and oxygen atoms in total. The molecule has 1 rings (SSSR count). The zero-order valence-corrected chi connectivity index (χ0v) is 8.64. The Labute approximate surface area is 87.9 Å². The summed E-state index contributed by atoms with van der Waals surface area (Å²) >= 11 is 0. The molecule has 1 aliphatic heterocycles. The second kappa shape index (κ2) is 5.09. The van der Waals surface area contributed by atoms with Gasteiger partial charge in [-0.25, -0.2) is 0 Å². The Hall–Kier alpha value is -1.14. The van der Waals surface area contributed by atoms with Crippen LogP contribution in [0.15, 0.2) is 0 Å². The van der Waals surface area contributed by atoms with E-state index in [9.17, 15) is 9.59 Å². The normalized spacial score (nSPS) is 23.0. The predicted octanol–water partition coefficient (Wildman–Crippen LogP) is -2.07. The fraction of sp³-hybridized carbons (Fsp3) is 0.778. The molecule has 0 radical (unpaired) electrons. The lowest BCUT2D eigenvalue weighted by Gasteiger charge is -2.12. The van der Waals surface area contributed by atoms with E-state index in [4.69, 9.17) is 10.2 Å². The third-order valence-electron chi connectivity index (χ3n) is 2.43. The van der Waals surface area contributed by atoms with E-state index in [1.807, 2.05) is 0 Å². The molecule has 2 amide bonds. The molecule has 1 saturated heterocycles. The molecule has 6 heteroatoms. The van der Waals surface area contributed by atoms with E-state index in [0.717, 1.165) is 0 Å². The lowest BCUT2D eigenvalue weighted by molar-refractivity contribution is -0.128. The van der Waals surface area contributed by atoms with Gasteiger partial charge in [-0.1, -0.05) is 0 Å². The summed E-state index contributed by atoms with van der Waals surface area (Å²) in [5.74, 6) is -0.633. The molecule has 0 aromatic rings. The largest absolute Gasteiger partial charge is 0.394 e. The molecule has 0 aromatic heterocycles. The quantitative estimate of drug-likeness (QED) is 0.504. The van der Waals surface area contributed by atoms with Crippen LogP contribution in [0, 0.1) is 5.92 Å². The van der Waals surface area contributed by atoms with E-state index in [1.54, 1.807) is 7.05 Å². The Bertz CT molecular complexity index is 256. The zero-order valence-electron chi connectivity index (χ0n) is 8.64. The Balaban J connectivity index is 2.32. The van der Waals surface area contributed by atoms with Crippen molar-refractivity contribution in [3.05, 3.63) is 0 Å². The first-order chi connectivity index (χ1) is 7.04. The summed E-state index contributed by atoms with van der Waals surface area (Å²) in [5.41, 5.74) is 0. The molecule has 1 aliphatic rings. The number of aliphatic hydroxyl groups is 2. The number of rotatable bonds is 4. The lowest BCUT2D eigenvalue weighted by Crippen LogP contribution is -2.38. The van der Waals surface area contributed by atoms with Crippen molar-refractivity contribution in [1.82, 2.24) is 10.2 Å². The molecule has 1 heterocycles. The second-order valence-electron chi connectivity index (χ2n) is 3.76. The van der Waals surface area contributed by atoms with Gasteiger partial charge < -0.3 is 20.4 Å². The van der Waals surface area contributed by atoms with Gasteiger partial charge in [0.15, 0.2) is 0 Å². The van der Waals surface area contributed by atoms with Gasteiger partial charge in [0, 0.05) is 26.6 Å². The van der Waals surface area contributed by atoms with Gasteiger partial charge in [-0.2, -0.15) is 0 Å². The van der Waals surface area contributed by atoms with Gasteiger partial charge in [-0.15, -0.1) is 0 Å². The molecular formula is C9H16N2O4.